The highest BCUT2D eigenvalue weighted by Crippen LogP contribution is 2.32. The third-order valence-electron chi connectivity index (χ3n) is 6.44. The van der Waals surface area contributed by atoms with E-state index in [4.69, 9.17) is 0 Å². The number of rotatable bonds is 6. The first-order valence-electron chi connectivity index (χ1n) is 10.6. The predicted molar refractivity (Wildman–Crippen MR) is 103 cm³/mol. The summed E-state index contributed by atoms with van der Waals surface area (Å²) < 4.78 is 38.6. The van der Waals surface area contributed by atoms with Crippen molar-refractivity contribution >= 4 is 5.78 Å². The molecule has 1 saturated heterocycles. The van der Waals surface area contributed by atoms with E-state index in [0.717, 1.165) is 63.7 Å². The van der Waals surface area contributed by atoms with Crippen molar-refractivity contribution in [3.05, 3.63) is 29.6 Å². The van der Waals surface area contributed by atoms with Gasteiger partial charge in [0.05, 0.1) is 0 Å². The lowest BCUT2D eigenvalue weighted by atomic mass is 9.80. The van der Waals surface area contributed by atoms with E-state index in [2.05, 4.69) is 16.8 Å². The SMILES string of the molecule is CC1CCC(C(=O)CCCN2CCC(c3cccc(C(F)(F)F)n3)CC2)CC1. The second kappa shape index (κ2) is 9.38. The molecule has 1 aromatic heterocycles. The lowest BCUT2D eigenvalue weighted by molar-refractivity contribution is -0.141. The Labute approximate surface area is 165 Å². The molecule has 0 amide bonds. The zero-order valence-electron chi connectivity index (χ0n) is 16.7. The van der Waals surface area contributed by atoms with Crippen LogP contribution in [0.5, 0.6) is 0 Å². The van der Waals surface area contributed by atoms with Gasteiger partial charge < -0.3 is 4.90 Å². The Morgan fingerprint density at radius 1 is 1.11 bits per heavy atom. The Hall–Kier alpha value is -1.43. The number of hydrogen-bond donors (Lipinski definition) is 0. The predicted octanol–water partition coefficient (Wildman–Crippen LogP) is 5.46. The number of hydrogen-bond acceptors (Lipinski definition) is 3. The number of carbonyl (C=O) groups excluding carboxylic acids is 1. The lowest BCUT2D eigenvalue weighted by Gasteiger charge is -2.32. The van der Waals surface area contributed by atoms with Crippen LogP contribution in [0.4, 0.5) is 13.2 Å². The maximum atomic E-state index is 12.9. The van der Waals surface area contributed by atoms with Crippen LogP contribution in [0.15, 0.2) is 18.2 Å². The fourth-order valence-electron chi connectivity index (χ4n) is 4.55. The van der Waals surface area contributed by atoms with Crippen LogP contribution in [0, 0.1) is 11.8 Å². The largest absolute Gasteiger partial charge is 0.433 e. The third kappa shape index (κ3) is 5.79. The minimum Gasteiger partial charge on any atom is -0.303 e. The van der Waals surface area contributed by atoms with Crippen molar-refractivity contribution in [2.24, 2.45) is 11.8 Å². The smallest absolute Gasteiger partial charge is 0.303 e. The van der Waals surface area contributed by atoms with Gasteiger partial charge in [-0.05, 0) is 69.8 Å². The summed E-state index contributed by atoms with van der Waals surface area (Å²) in [7, 11) is 0. The van der Waals surface area contributed by atoms with Gasteiger partial charge in [0.2, 0.25) is 0 Å². The van der Waals surface area contributed by atoms with Crippen molar-refractivity contribution in [3.8, 4) is 0 Å². The van der Waals surface area contributed by atoms with Gasteiger partial charge in [-0.2, -0.15) is 13.2 Å². The average Bonchev–Trinajstić information content (AvgIpc) is 2.68. The van der Waals surface area contributed by atoms with Crippen LogP contribution in [0.2, 0.25) is 0 Å². The molecule has 2 heterocycles. The summed E-state index contributed by atoms with van der Waals surface area (Å²) in [5.41, 5.74) is -0.251. The van der Waals surface area contributed by atoms with Gasteiger partial charge in [0.1, 0.15) is 11.5 Å². The van der Waals surface area contributed by atoms with Crippen LogP contribution in [0.1, 0.15) is 75.6 Å². The van der Waals surface area contributed by atoms with Gasteiger partial charge in [0, 0.05) is 24.0 Å². The Balaban J connectivity index is 1.39. The van der Waals surface area contributed by atoms with Crippen molar-refractivity contribution in [3.63, 3.8) is 0 Å². The number of alkyl halides is 3. The van der Waals surface area contributed by atoms with Crippen molar-refractivity contribution in [2.45, 2.75) is 70.4 Å². The Morgan fingerprint density at radius 2 is 1.79 bits per heavy atom. The van der Waals surface area contributed by atoms with E-state index < -0.39 is 11.9 Å². The van der Waals surface area contributed by atoms with Crippen LogP contribution in [0.3, 0.4) is 0 Å². The number of halogens is 3. The molecule has 0 radical (unpaired) electrons. The molecule has 2 aliphatic rings. The maximum absolute atomic E-state index is 12.9. The first-order valence-corrected chi connectivity index (χ1v) is 10.6. The van der Waals surface area contributed by atoms with Crippen LogP contribution in [0.25, 0.3) is 0 Å². The molecule has 3 rings (SSSR count). The molecule has 0 unspecified atom stereocenters. The number of likely N-dealkylation sites (tertiary alicyclic amines) is 1. The molecule has 1 aliphatic carbocycles. The van der Waals surface area contributed by atoms with E-state index in [0.29, 0.717) is 17.9 Å². The molecule has 156 valence electrons. The molecular weight excluding hydrogens is 365 g/mol. The van der Waals surface area contributed by atoms with Gasteiger partial charge in [-0.1, -0.05) is 25.8 Å². The van der Waals surface area contributed by atoms with Gasteiger partial charge in [0.25, 0.3) is 0 Å². The highest BCUT2D eigenvalue weighted by molar-refractivity contribution is 5.81. The molecule has 28 heavy (non-hydrogen) atoms. The highest BCUT2D eigenvalue weighted by atomic mass is 19.4. The van der Waals surface area contributed by atoms with Crippen LogP contribution < -0.4 is 0 Å². The molecule has 0 aromatic carbocycles. The van der Waals surface area contributed by atoms with Crippen LogP contribution in [-0.2, 0) is 11.0 Å². The van der Waals surface area contributed by atoms with Crippen molar-refractivity contribution < 1.29 is 18.0 Å². The third-order valence-corrected chi connectivity index (χ3v) is 6.44. The molecule has 1 aromatic rings. The molecule has 1 aliphatic heterocycles. The van der Waals surface area contributed by atoms with Gasteiger partial charge in [-0.25, -0.2) is 4.98 Å². The number of aromatic nitrogens is 1. The maximum Gasteiger partial charge on any atom is 0.433 e. The number of Topliss-reactive ketones (excluding diaryl/α,β-unsaturated/α-hetero) is 1. The van der Waals surface area contributed by atoms with E-state index >= 15 is 0 Å². The quantitative estimate of drug-likeness (QED) is 0.641. The first kappa shape index (κ1) is 21.3. The average molecular weight is 396 g/mol. The normalized spacial score (nSPS) is 25.0. The minimum absolute atomic E-state index is 0.0874. The molecule has 6 heteroatoms. The molecule has 3 nitrogen and oxygen atoms in total. The van der Waals surface area contributed by atoms with Gasteiger partial charge >= 0.3 is 6.18 Å². The number of nitrogens with zero attached hydrogens (tertiary/aromatic N) is 2. The Kier molecular flexibility index (Phi) is 7.13. The summed E-state index contributed by atoms with van der Waals surface area (Å²) >= 11 is 0. The summed E-state index contributed by atoms with van der Waals surface area (Å²) in [5.74, 6) is 1.55. The monoisotopic (exact) mass is 396 g/mol. The van der Waals surface area contributed by atoms with E-state index in [-0.39, 0.29) is 11.8 Å². The number of carbonyl (C=O) groups is 1. The molecule has 0 spiro atoms. The fraction of sp³-hybridized carbons (Fsp3) is 0.727. The van der Waals surface area contributed by atoms with Crippen LogP contribution >= 0.6 is 0 Å². The summed E-state index contributed by atoms with van der Waals surface area (Å²) in [4.78, 5) is 18.6. The van der Waals surface area contributed by atoms with Gasteiger partial charge in [0.15, 0.2) is 0 Å². The van der Waals surface area contributed by atoms with E-state index in [9.17, 15) is 18.0 Å². The van der Waals surface area contributed by atoms with E-state index in [1.54, 1.807) is 6.07 Å². The van der Waals surface area contributed by atoms with E-state index in [1.807, 2.05) is 0 Å². The van der Waals surface area contributed by atoms with Crippen molar-refractivity contribution in [2.75, 3.05) is 19.6 Å². The summed E-state index contributed by atoms with van der Waals surface area (Å²) in [6.45, 7) is 4.88. The summed E-state index contributed by atoms with van der Waals surface area (Å²) in [6, 6.07) is 4.19. The summed E-state index contributed by atoms with van der Waals surface area (Å²) in [6.07, 6.45) is 3.25. The first-order chi connectivity index (χ1) is 13.3. The van der Waals surface area contributed by atoms with Crippen LogP contribution in [-0.4, -0.2) is 35.3 Å². The standard InChI is InChI=1S/C22H31F3N2O/c1-16-7-9-18(10-8-16)20(28)5-3-13-27-14-11-17(12-15-27)19-4-2-6-21(26-19)22(23,24)25/h2,4,6,16-18H,3,5,7-15H2,1H3. The lowest BCUT2D eigenvalue weighted by Crippen LogP contribution is -2.34. The van der Waals surface area contributed by atoms with Crippen molar-refractivity contribution in [1.82, 2.24) is 9.88 Å². The molecule has 0 N–H and O–H groups in total. The number of pyridine rings is 1. The molecule has 0 atom stereocenters. The molecule has 1 saturated carbocycles. The second-order valence-electron chi connectivity index (χ2n) is 8.59. The minimum atomic E-state index is -4.39. The summed E-state index contributed by atoms with van der Waals surface area (Å²) in [5, 5.41) is 0. The van der Waals surface area contributed by atoms with Gasteiger partial charge in [-0.3, -0.25) is 4.79 Å². The van der Waals surface area contributed by atoms with Gasteiger partial charge in [-0.15, -0.1) is 0 Å². The number of piperidine rings is 1. The highest BCUT2D eigenvalue weighted by Gasteiger charge is 2.33. The Bertz CT molecular complexity index is 645. The zero-order chi connectivity index (χ0) is 20.1. The molecular formula is C22H31F3N2O. The van der Waals surface area contributed by atoms with Crippen molar-refractivity contribution in [1.29, 1.82) is 0 Å². The molecule has 0 bridgehead atoms. The van der Waals surface area contributed by atoms with E-state index in [1.165, 1.54) is 18.9 Å². The Morgan fingerprint density at radius 3 is 2.43 bits per heavy atom. The molecule has 2 fully saturated rings. The number of ketones is 1. The topological polar surface area (TPSA) is 33.2 Å². The zero-order valence-corrected chi connectivity index (χ0v) is 16.7. The fourth-order valence-corrected chi connectivity index (χ4v) is 4.55. The second-order valence-corrected chi connectivity index (χ2v) is 8.59.